The molecule has 4 nitrogen and oxygen atoms in total. The molecule has 0 atom stereocenters. The van der Waals surface area contributed by atoms with E-state index in [1.165, 1.54) is 11.3 Å². The molecule has 0 saturated heterocycles. The smallest absolute Gasteiger partial charge is 0.336 e. The van der Waals surface area contributed by atoms with Crippen molar-refractivity contribution in [3.8, 4) is 0 Å². The summed E-state index contributed by atoms with van der Waals surface area (Å²) in [6.45, 7) is 2.58. The van der Waals surface area contributed by atoms with Crippen LogP contribution in [0.4, 0.5) is 0 Å². The number of thiophene rings is 1. The summed E-state index contributed by atoms with van der Waals surface area (Å²) in [6.07, 6.45) is 6.55. The van der Waals surface area contributed by atoms with E-state index in [1.807, 2.05) is 89.8 Å². The first-order valence-electron chi connectivity index (χ1n) is 10.3. The van der Waals surface area contributed by atoms with Crippen LogP contribution in [0.25, 0.3) is 6.08 Å². The number of aromatic carboxylic acids is 1. The number of carboxylic acids is 1. The van der Waals surface area contributed by atoms with Gasteiger partial charge in [0.1, 0.15) is 0 Å². The SMILES string of the molecule is Cc1ccc(C(=O)c2cccn2C/C=C/c2cccc(Cc3sccc3C(=O)O)c2)cc1. The largest absolute Gasteiger partial charge is 0.478 e. The molecule has 4 rings (SSSR count). The van der Waals surface area contributed by atoms with Crippen molar-refractivity contribution in [3.63, 3.8) is 0 Å². The Hall–Kier alpha value is -3.70. The average molecular weight is 442 g/mol. The first-order valence-corrected chi connectivity index (χ1v) is 11.2. The summed E-state index contributed by atoms with van der Waals surface area (Å²) in [7, 11) is 0. The van der Waals surface area contributed by atoms with Crippen LogP contribution in [0.1, 0.15) is 48.0 Å². The molecular formula is C27H23NO3S. The van der Waals surface area contributed by atoms with Gasteiger partial charge in [-0.05, 0) is 41.6 Å². The number of hydrogen-bond acceptors (Lipinski definition) is 3. The quantitative estimate of drug-likeness (QED) is 0.337. The third kappa shape index (κ3) is 4.95. The third-order valence-electron chi connectivity index (χ3n) is 5.28. The van der Waals surface area contributed by atoms with Crippen molar-refractivity contribution < 1.29 is 14.7 Å². The maximum Gasteiger partial charge on any atom is 0.336 e. The molecule has 160 valence electrons. The molecule has 0 radical (unpaired) electrons. The number of hydrogen-bond donors (Lipinski definition) is 1. The molecule has 32 heavy (non-hydrogen) atoms. The molecule has 1 N–H and O–H groups in total. The molecule has 2 aromatic heterocycles. The van der Waals surface area contributed by atoms with Gasteiger partial charge in [0.15, 0.2) is 0 Å². The molecular weight excluding hydrogens is 418 g/mol. The number of benzene rings is 2. The van der Waals surface area contributed by atoms with Gasteiger partial charge in [0.05, 0.1) is 11.3 Å². The lowest BCUT2D eigenvalue weighted by Gasteiger charge is -2.07. The Bertz CT molecular complexity index is 1280. The number of carbonyl (C=O) groups excluding carboxylic acids is 1. The van der Waals surface area contributed by atoms with E-state index in [9.17, 15) is 14.7 Å². The van der Waals surface area contributed by atoms with Crippen LogP contribution in [0.15, 0.2) is 84.4 Å². The van der Waals surface area contributed by atoms with Crippen LogP contribution in [-0.2, 0) is 13.0 Å². The second-order valence-electron chi connectivity index (χ2n) is 7.63. The Morgan fingerprint density at radius 1 is 1.03 bits per heavy atom. The van der Waals surface area contributed by atoms with Crippen molar-refractivity contribution >= 4 is 29.2 Å². The van der Waals surface area contributed by atoms with Crippen molar-refractivity contribution in [2.75, 3.05) is 0 Å². The van der Waals surface area contributed by atoms with Crippen LogP contribution in [0.2, 0.25) is 0 Å². The second-order valence-corrected chi connectivity index (χ2v) is 8.63. The van der Waals surface area contributed by atoms with E-state index >= 15 is 0 Å². The number of ketones is 1. The Balaban J connectivity index is 1.45. The van der Waals surface area contributed by atoms with Gasteiger partial charge >= 0.3 is 5.97 Å². The number of carboxylic acid groups (broad SMARTS) is 1. The summed E-state index contributed by atoms with van der Waals surface area (Å²) >= 11 is 1.46. The van der Waals surface area contributed by atoms with Gasteiger partial charge in [-0.1, -0.05) is 66.2 Å². The monoisotopic (exact) mass is 441 g/mol. The molecule has 0 saturated carbocycles. The number of aromatic nitrogens is 1. The lowest BCUT2D eigenvalue weighted by Crippen LogP contribution is -2.09. The zero-order valence-corrected chi connectivity index (χ0v) is 18.5. The van der Waals surface area contributed by atoms with Gasteiger partial charge < -0.3 is 9.67 Å². The molecule has 5 heteroatoms. The average Bonchev–Trinajstić information content (AvgIpc) is 3.44. The molecule has 0 unspecified atom stereocenters. The highest BCUT2D eigenvalue weighted by atomic mass is 32.1. The minimum Gasteiger partial charge on any atom is -0.478 e. The van der Waals surface area contributed by atoms with E-state index in [-0.39, 0.29) is 5.78 Å². The standard InChI is InChI=1S/C27H23NO3S/c1-19-9-11-22(12-10-19)26(29)24-8-4-15-28(24)14-3-7-20-5-2-6-21(17-20)18-25-23(27(30)31)13-16-32-25/h2-13,15-17H,14,18H2,1H3,(H,30,31)/b7-3+. The van der Waals surface area contributed by atoms with E-state index in [1.54, 1.807) is 6.07 Å². The molecule has 0 spiro atoms. The number of allylic oxidation sites excluding steroid dienone is 1. The van der Waals surface area contributed by atoms with Crippen LogP contribution in [0.5, 0.6) is 0 Å². The fourth-order valence-corrected chi connectivity index (χ4v) is 4.50. The van der Waals surface area contributed by atoms with E-state index in [4.69, 9.17) is 0 Å². The number of carbonyl (C=O) groups is 2. The van der Waals surface area contributed by atoms with E-state index < -0.39 is 5.97 Å². The molecule has 0 aliphatic carbocycles. The summed E-state index contributed by atoms with van der Waals surface area (Å²) in [4.78, 5) is 25.1. The topological polar surface area (TPSA) is 59.3 Å². The molecule has 2 aromatic carbocycles. The van der Waals surface area contributed by atoms with Crippen LogP contribution in [0, 0.1) is 6.92 Å². The Labute approximate surface area is 191 Å². The summed E-state index contributed by atoms with van der Waals surface area (Å²) < 4.78 is 1.94. The van der Waals surface area contributed by atoms with Gasteiger partial charge in [0, 0.05) is 29.6 Å². The van der Waals surface area contributed by atoms with E-state index in [2.05, 4.69) is 6.07 Å². The van der Waals surface area contributed by atoms with Crippen molar-refractivity contribution in [2.24, 2.45) is 0 Å². The van der Waals surface area contributed by atoms with Crippen LogP contribution in [-0.4, -0.2) is 21.4 Å². The normalized spacial score (nSPS) is 11.2. The van der Waals surface area contributed by atoms with Gasteiger partial charge in [-0.3, -0.25) is 4.79 Å². The summed E-state index contributed by atoms with van der Waals surface area (Å²) in [5, 5.41) is 11.1. The van der Waals surface area contributed by atoms with Crippen molar-refractivity contribution in [1.29, 1.82) is 0 Å². The predicted molar refractivity (Wildman–Crippen MR) is 129 cm³/mol. The van der Waals surface area contributed by atoms with E-state index in [0.717, 1.165) is 21.6 Å². The molecule has 0 aliphatic rings. The highest BCUT2D eigenvalue weighted by molar-refractivity contribution is 7.10. The molecule has 0 bridgehead atoms. The maximum atomic E-state index is 12.9. The fraction of sp³-hybridized carbons (Fsp3) is 0.111. The summed E-state index contributed by atoms with van der Waals surface area (Å²) in [6, 6.07) is 21.1. The zero-order valence-electron chi connectivity index (χ0n) is 17.7. The Morgan fingerprint density at radius 2 is 1.84 bits per heavy atom. The zero-order chi connectivity index (χ0) is 22.5. The minimum atomic E-state index is -0.889. The Kier molecular flexibility index (Phi) is 6.47. The number of nitrogens with zero attached hydrogens (tertiary/aromatic N) is 1. The van der Waals surface area contributed by atoms with Gasteiger partial charge in [-0.2, -0.15) is 0 Å². The first-order chi connectivity index (χ1) is 15.5. The predicted octanol–water partition coefficient (Wildman–Crippen LogP) is 6.09. The summed E-state index contributed by atoms with van der Waals surface area (Å²) in [5.41, 5.74) is 4.94. The lowest BCUT2D eigenvalue weighted by molar-refractivity contribution is 0.0696. The van der Waals surface area contributed by atoms with Crippen molar-refractivity contribution in [1.82, 2.24) is 4.57 Å². The Morgan fingerprint density at radius 3 is 2.62 bits per heavy atom. The van der Waals surface area contributed by atoms with Gasteiger partial charge in [-0.15, -0.1) is 11.3 Å². The van der Waals surface area contributed by atoms with Crippen molar-refractivity contribution in [2.45, 2.75) is 19.9 Å². The summed E-state index contributed by atoms with van der Waals surface area (Å²) in [5.74, 6) is -0.879. The first kappa shape index (κ1) is 21.5. The molecule has 2 heterocycles. The fourth-order valence-electron chi connectivity index (χ4n) is 3.59. The molecule has 0 aliphatic heterocycles. The van der Waals surface area contributed by atoms with Crippen molar-refractivity contribution in [3.05, 3.63) is 123 Å². The van der Waals surface area contributed by atoms with Gasteiger partial charge in [0.25, 0.3) is 0 Å². The van der Waals surface area contributed by atoms with E-state index in [0.29, 0.717) is 29.8 Å². The van der Waals surface area contributed by atoms with Crippen LogP contribution < -0.4 is 0 Å². The second kappa shape index (κ2) is 9.62. The van der Waals surface area contributed by atoms with Crippen LogP contribution >= 0.6 is 11.3 Å². The van der Waals surface area contributed by atoms with Crippen LogP contribution in [0.3, 0.4) is 0 Å². The molecule has 4 aromatic rings. The van der Waals surface area contributed by atoms with Gasteiger partial charge in [0.2, 0.25) is 5.78 Å². The highest BCUT2D eigenvalue weighted by Gasteiger charge is 2.13. The molecule has 0 fully saturated rings. The minimum absolute atomic E-state index is 0.00980. The number of aryl methyl sites for hydroxylation is 1. The van der Waals surface area contributed by atoms with Gasteiger partial charge in [-0.25, -0.2) is 4.79 Å². The lowest BCUT2D eigenvalue weighted by atomic mass is 10.1. The maximum absolute atomic E-state index is 12.9. The third-order valence-corrected chi connectivity index (χ3v) is 6.20. The highest BCUT2D eigenvalue weighted by Crippen LogP contribution is 2.22. The number of rotatable bonds is 8. The molecule has 0 amide bonds.